The van der Waals surface area contributed by atoms with E-state index in [1.807, 2.05) is 0 Å². The summed E-state index contributed by atoms with van der Waals surface area (Å²) in [6, 6.07) is 4.67. The monoisotopic (exact) mass is 401 g/mol. The number of ether oxygens (including phenoxy) is 1. The highest BCUT2D eigenvalue weighted by Gasteiger charge is 2.31. The van der Waals surface area contributed by atoms with Crippen LogP contribution in [0.5, 0.6) is 0 Å². The first-order chi connectivity index (χ1) is 10.2. The SMILES string of the molecule is CCOC(=O)c1nn(C(Cl)(Cl)Cl)nc1-c1ccc(Cl)cc1Cl. The smallest absolute Gasteiger partial charge is 0.361 e. The van der Waals surface area contributed by atoms with Gasteiger partial charge in [0.15, 0.2) is 5.69 Å². The normalized spacial score (nSPS) is 11.5. The zero-order valence-corrected chi connectivity index (χ0v) is 14.8. The number of carbonyl (C=O) groups excluding carboxylic acids is 1. The Hall–Kier alpha value is -0.720. The minimum Gasteiger partial charge on any atom is -0.461 e. The zero-order chi connectivity index (χ0) is 16.5. The van der Waals surface area contributed by atoms with Crippen LogP contribution in [0.1, 0.15) is 17.4 Å². The number of rotatable bonds is 3. The third-order valence-corrected chi connectivity index (χ3v) is 3.50. The van der Waals surface area contributed by atoms with Gasteiger partial charge in [-0.15, -0.1) is 15.0 Å². The molecule has 118 valence electrons. The van der Waals surface area contributed by atoms with E-state index in [0.29, 0.717) is 10.6 Å². The van der Waals surface area contributed by atoms with Gasteiger partial charge in [0.1, 0.15) is 5.69 Å². The molecule has 0 saturated heterocycles. The Bertz CT molecular complexity index is 711. The number of benzene rings is 1. The second-order valence-corrected chi connectivity index (χ2v) is 7.06. The van der Waals surface area contributed by atoms with Crippen LogP contribution in [0.25, 0.3) is 11.3 Å². The third-order valence-electron chi connectivity index (χ3n) is 2.50. The minimum atomic E-state index is -1.96. The van der Waals surface area contributed by atoms with Crippen molar-refractivity contribution in [1.82, 2.24) is 15.0 Å². The Morgan fingerprint density at radius 1 is 1.27 bits per heavy atom. The van der Waals surface area contributed by atoms with Crippen molar-refractivity contribution in [3.05, 3.63) is 33.9 Å². The van der Waals surface area contributed by atoms with Gasteiger partial charge < -0.3 is 4.74 Å². The second-order valence-electron chi connectivity index (χ2n) is 4.00. The molecule has 0 spiro atoms. The number of aromatic nitrogens is 3. The Kier molecular flexibility index (Phi) is 5.45. The predicted octanol–water partition coefficient (Wildman–Crippen LogP) is 4.71. The largest absolute Gasteiger partial charge is 0.461 e. The molecule has 2 rings (SSSR count). The molecular weight excluding hydrogens is 395 g/mol. The zero-order valence-electron chi connectivity index (χ0n) is 11.0. The van der Waals surface area contributed by atoms with Crippen LogP contribution >= 0.6 is 58.0 Å². The van der Waals surface area contributed by atoms with E-state index < -0.39 is 9.89 Å². The number of esters is 1. The third kappa shape index (κ3) is 3.78. The number of nitrogens with zero attached hydrogens (tertiary/aromatic N) is 3. The summed E-state index contributed by atoms with van der Waals surface area (Å²) in [4.78, 5) is 12.8. The van der Waals surface area contributed by atoms with Gasteiger partial charge in [-0.2, -0.15) is 0 Å². The van der Waals surface area contributed by atoms with Gasteiger partial charge >= 0.3 is 9.89 Å². The molecule has 10 heteroatoms. The molecule has 1 aromatic heterocycles. The van der Waals surface area contributed by atoms with Crippen LogP contribution in [0.3, 0.4) is 0 Å². The van der Waals surface area contributed by atoms with Gasteiger partial charge in [0, 0.05) is 10.6 Å². The lowest BCUT2D eigenvalue weighted by Crippen LogP contribution is -2.17. The number of carbonyl (C=O) groups is 1. The molecule has 0 saturated carbocycles. The summed E-state index contributed by atoms with van der Waals surface area (Å²) >= 11 is 29.2. The topological polar surface area (TPSA) is 57.0 Å². The fourth-order valence-electron chi connectivity index (χ4n) is 1.62. The van der Waals surface area contributed by atoms with Crippen molar-refractivity contribution in [2.75, 3.05) is 6.61 Å². The van der Waals surface area contributed by atoms with Gasteiger partial charge in [-0.1, -0.05) is 58.0 Å². The molecule has 1 heterocycles. The fourth-order valence-corrected chi connectivity index (χ4v) is 2.34. The Labute approximate surface area is 151 Å². The molecule has 0 aliphatic heterocycles. The lowest BCUT2D eigenvalue weighted by atomic mass is 10.1. The van der Waals surface area contributed by atoms with Gasteiger partial charge in [-0.25, -0.2) is 4.79 Å². The first kappa shape index (κ1) is 17.6. The molecule has 0 bridgehead atoms. The summed E-state index contributed by atoms with van der Waals surface area (Å²) < 4.78 is 2.97. The highest BCUT2D eigenvalue weighted by atomic mass is 35.6. The summed E-state index contributed by atoms with van der Waals surface area (Å²) in [5.74, 6) is -0.705. The van der Waals surface area contributed by atoms with E-state index in [2.05, 4.69) is 10.2 Å². The van der Waals surface area contributed by atoms with E-state index in [-0.39, 0.29) is 23.0 Å². The second kappa shape index (κ2) is 6.81. The molecule has 0 N–H and O–H groups in total. The maximum Gasteiger partial charge on any atom is 0.361 e. The number of halogens is 5. The van der Waals surface area contributed by atoms with Crippen LogP contribution in [-0.2, 0) is 8.65 Å². The Morgan fingerprint density at radius 3 is 2.50 bits per heavy atom. The average molecular weight is 403 g/mol. The minimum absolute atomic E-state index is 0.114. The molecule has 0 amide bonds. The maximum atomic E-state index is 12.0. The van der Waals surface area contributed by atoms with Crippen molar-refractivity contribution in [3.63, 3.8) is 0 Å². The molecule has 0 aliphatic rings. The first-order valence-electron chi connectivity index (χ1n) is 5.91. The average Bonchev–Trinajstić information content (AvgIpc) is 2.83. The van der Waals surface area contributed by atoms with Crippen LogP contribution in [0, 0.1) is 0 Å². The van der Waals surface area contributed by atoms with Crippen molar-refractivity contribution >= 4 is 64.0 Å². The highest BCUT2D eigenvalue weighted by molar-refractivity contribution is 6.64. The summed E-state index contributed by atoms with van der Waals surface area (Å²) in [6.07, 6.45) is 0. The molecule has 1 aromatic carbocycles. The molecular formula is C12H8Cl5N3O2. The lowest BCUT2D eigenvalue weighted by Gasteiger charge is -2.07. The number of alkyl halides is 3. The summed E-state index contributed by atoms with van der Waals surface area (Å²) in [6.45, 7) is 1.82. The molecule has 22 heavy (non-hydrogen) atoms. The van der Waals surface area contributed by atoms with Crippen LogP contribution in [0.2, 0.25) is 10.0 Å². The van der Waals surface area contributed by atoms with Crippen molar-refractivity contribution in [2.24, 2.45) is 0 Å². The Morgan fingerprint density at radius 2 is 1.95 bits per heavy atom. The van der Waals surface area contributed by atoms with Gasteiger partial charge in [0.25, 0.3) is 0 Å². The van der Waals surface area contributed by atoms with Crippen molar-refractivity contribution < 1.29 is 9.53 Å². The summed E-state index contributed by atoms with van der Waals surface area (Å²) in [5.41, 5.74) is 0.429. The molecule has 0 unspecified atom stereocenters. The molecule has 0 radical (unpaired) electrons. The predicted molar refractivity (Wildman–Crippen MR) is 87.0 cm³/mol. The molecule has 5 nitrogen and oxygen atoms in total. The van der Waals surface area contributed by atoms with Crippen LogP contribution in [0.15, 0.2) is 18.2 Å². The maximum absolute atomic E-state index is 12.0. The van der Waals surface area contributed by atoms with E-state index in [9.17, 15) is 4.79 Å². The summed E-state index contributed by atoms with van der Waals surface area (Å²) in [5, 5.41) is 8.61. The number of hydrogen-bond donors (Lipinski definition) is 0. The number of hydrogen-bond acceptors (Lipinski definition) is 4. The van der Waals surface area contributed by atoms with Gasteiger partial charge in [0.2, 0.25) is 0 Å². The van der Waals surface area contributed by atoms with Crippen molar-refractivity contribution in [2.45, 2.75) is 10.8 Å². The fraction of sp³-hybridized carbons (Fsp3) is 0.250. The molecule has 0 fully saturated rings. The van der Waals surface area contributed by atoms with E-state index >= 15 is 0 Å². The van der Waals surface area contributed by atoms with Crippen molar-refractivity contribution in [3.8, 4) is 11.3 Å². The van der Waals surface area contributed by atoms with E-state index in [0.717, 1.165) is 4.80 Å². The van der Waals surface area contributed by atoms with Crippen LogP contribution < -0.4 is 0 Å². The quantitative estimate of drug-likeness (QED) is 0.550. The molecule has 0 atom stereocenters. The lowest BCUT2D eigenvalue weighted by molar-refractivity contribution is 0.0519. The van der Waals surface area contributed by atoms with Crippen molar-refractivity contribution in [1.29, 1.82) is 0 Å². The van der Waals surface area contributed by atoms with E-state index in [1.54, 1.807) is 19.1 Å². The van der Waals surface area contributed by atoms with E-state index in [4.69, 9.17) is 62.7 Å². The van der Waals surface area contributed by atoms with Gasteiger partial charge in [0.05, 0.1) is 11.6 Å². The highest BCUT2D eigenvalue weighted by Crippen LogP contribution is 2.35. The first-order valence-corrected chi connectivity index (χ1v) is 7.80. The molecule has 2 aromatic rings. The van der Waals surface area contributed by atoms with E-state index in [1.165, 1.54) is 6.07 Å². The van der Waals surface area contributed by atoms with Gasteiger partial charge in [-0.05, 0) is 25.1 Å². The molecule has 0 aliphatic carbocycles. The van der Waals surface area contributed by atoms with Crippen LogP contribution in [0.4, 0.5) is 0 Å². The standard InChI is InChI=1S/C12H8Cl5N3O2/c1-2-22-11(21)10-9(18-20(19-10)12(15,16)17)7-4-3-6(13)5-8(7)14/h3-5H,2H2,1H3. The van der Waals surface area contributed by atoms with Crippen LogP contribution in [-0.4, -0.2) is 27.6 Å². The Balaban J connectivity index is 2.62. The summed E-state index contributed by atoms with van der Waals surface area (Å²) in [7, 11) is 0. The van der Waals surface area contributed by atoms with Gasteiger partial charge in [-0.3, -0.25) is 0 Å².